The van der Waals surface area contributed by atoms with Crippen LogP contribution < -0.4 is 0 Å². The van der Waals surface area contributed by atoms with Gasteiger partial charge >= 0.3 is 5.97 Å². The molecule has 0 bridgehead atoms. The minimum absolute atomic E-state index is 0.0575. The molecule has 0 aromatic heterocycles. The third kappa shape index (κ3) is 4.53. The summed E-state index contributed by atoms with van der Waals surface area (Å²) in [7, 11) is 0. The molecule has 0 saturated heterocycles. The highest BCUT2D eigenvalue weighted by atomic mass is 16.6. The minimum atomic E-state index is -0.724. The summed E-state index contributed by atoms with van der Waals surface area (Å²) in [5.41, 5.74) is -0.396. The average molecular weight is 274 g/mol. The molecule has 1 aromatic rings. The highest BCUT2D eigenvalue weighted by molar-refractivity contribution is 5.98. The van der Waals surface area contributed by atoms with Crippen LogP contribution in [0.3, 0.4) is 0 Å². The number of nitriles is 1. The van der Waals surface area contributed by atoms with Gasteiger partial charge in [-0.05, 0) is 44.5 Å². The molecule has 0 aliphatic heterocycles. The summed E-state index contributed by atoms with van der Waals surface area (Å²) in [6.07, 6.45) is 1.33. The summed E-state index contributed by atoms with van der Waals surface area (Å²) in [6, 6.07) is 7.28. The highest BCUT2D eigenvalue weighted by Gasteiger charge is 2.19. The van der Waals surface area contributed by atoms with Crippen molar-refractivity contribution in [3.05, 3.63) is 45.5 Å². The lowest BCUT2D eigenvalue weighted by Crippen LogP contribution is -2.24. The summed E-state index contributed by atoms with van der Waals surface area (Å²) < 4.78 is 5.09. The van der Waals surface area contributed by atoms with E-state index in [0.717, 1.165) is 0 Å². The van der Waals surface area contributed by atoms with Crippen LogP contribution in [0, 0.1) is 21.4 Å². The summed E-state index contributed by atoms with van der Waals surface area (Å²) in [5.74, 6) is -0.724. The zero-order valence-electron chi connectivity index (χ0n) is 11.4. The van der Waals surface area contributed by atoms with Crippen molar-refractivity contribution >= 4 is 17.7 Å². The molecule has 6 heteroatoms. The van der Waals surface area contributed by atoms with E-state index in [9.17, 15) is 14.9 Å². The first-order valence-electron chi connectivity index (χ1n) is 5.82. The van der Waals surface area contributed by atoms with Gasteiger partial charge in [0.2, 0.25) is 0 Å². The molecule has 0 N–H and O–H groups in total. The van der Waals surface area contributed by atoms with Gasteiger partial charge < -0.3 is 4.74 Å². The monoisotopic (exact) mass is 274 g/mol. The van der Waals surface area contributed by atoms with Gasteiger partial charge in [-0.3, -0.25) is 10.1 Å². The molecule has 0 heterocycles. The van der Waals surface area contributed by atoms with E-state index in [1.807, 2.05) is 0 Å². The Labute approximate surface area is 116 Å². The molecule has 1 aromatic carbocycles. The van der Waals surface area contributed by atoms with Crippen molar-refractivity contribution in [2.75, 3.05) is 0 Å². The number of hydrogen-bond acceptors (Lipinski definition) is 5. The van der Waals surface area contributed by atoms with E-state index in [0.29, 0.717) is 5.56 Å². The zero-order chi connectivity index (χ0) is 15.3. The average Bonchev–Trinajstić information content (AvgIpc) is 2.34. The Bertz CT molecular complexity index is 589. The number of nitro groups is 1. The van der Waals surface area contributed by atoms with Crippen LogP contribution in [0.5, 0.6) is 0 Å². The molecule has 1 rings (SSSR count). The van der Waals surface area contributed by atoms with Gasteiger partial charge in [0, 0.05) is 12.1 Å². The Morgan fingerprint density at radius 3 is 2.30 bits per heavy atom. The van der Waals surface area contributed by atoms with E-state index < -0.39 is 16.5 Å². The maximum Gasteiger partial charge on any atom is 0.349 e. The van der Waals surface area contributed by atoms with E-state index in [2.05, 4.69) is 0 Å². The first-order chi connectivity index (χ1) is 9.23. The summed E-state index contributed by atoms with van der Waals surface area (Å²) in [6.45, 7) is 5.10. The smallest absolute Gasteiger partial charge is 0.349 e. The van der Waals surface area contributed by atoms with Crippen molar-refractivity contribution in [3.8, 4) is 6.07 Å². The molecule has 0 aliphatic rings. The quantitative estimate of drug-likeness (QED) is 0.278. The second-order valence-electron chi connectivity index (χ2n) is 5.02. The van der Waals surface area contributed by atoms with Gasteiger partial charge in [0.15, 0.2) is 0 Å². The first-order valence-corrected chi connectivity index (χ1v) is 5.82. The Balaban J connectivity index is 2.98. The normalized spacial score (nSPS) is 11.6. The van der Waals surface area contributed by atoms with Gasteiger partial charge in [-0.1, -0.05) is 0 Å². The van der Waals surface area contributed by atoms with Crippen LogP contribution in [-0.4, -0.2) is 16.5 Å². The molecule has 0 saturated carbocycles. The Hall–Kier alpha value is -2.68. The number of carbonyl (C=O) groups excluding carboxylic acids is 1. The van der Waals surface area contributed by atoms with Crippen LogP contribution >= 0.6 is 0 Å². The van der Waals surface area contributed by atoms with Gasteiger partial charge in [-0.2, -0.15) is 5.26 Å². The van der Waals surface area contributed by atoms with Crippen molar-refractivity contribution in [2.45, 2.75) is 26.4 Å². The Morgan fingerprint density at radius 2 is 1.90 bits per heavy atom. The molecule has 104 valence electrons. The Kier molecular flexibility index (Phi) is 4.59. The number of hydrogen-bond donors (Lipinski definition) is 0. The maximum absolute atomic E-state index is 11.7. The molecular formula is C14H14N2O4. The van der Waals surface area contributed by atoms with Crippen LogP contribution in [0.4, 0.5) is 5.69 Å². The molecule has 0 unspecified atom stereocenters. The largest absolute Gasteiger partial charge is 0.456 e. The predicted molar refractivity (Wildman–Crippen MR) is 72.5 cm³/mol. The van der Waals surface area contributed by atoms with Crippen molar-refractivity contribution < 1.29 is 14.5 Å². The lowest BCUT2D eigenvalue weighted by atomic mass is 10.1. The van der Waals surface area contributed by atoms with Gasteiger partial charge in [-0.15, -0.1) is 0 Å². The molecule has 0 spiro atoms. The second kappa shape index (κ2) is 5.97. The summed E-state index contributed by atoms with van der Waals surface area (Å²) >= 11 is 0. The van der Waals surface area contributed by atoms with E-state index in [1.54, 1.807) is 26.8 Å². The van der Waals surface area contributed by atoms with Crippen molar-refractivity contribution in [1.82, 2.24) is 0 Å². The topological polar surface area (TPSA) is 93.2 Å². The van der Waals surface area contributed by atoms with Crippen molar-refractivity contribution in [2.24, 2.45) is 0 Å². The first kappa shape index (κ1) is 15.4. The molecule has 0 atom stereocenters. The predicted octanol–water partition coefficient (Wildman–Crippen LogP) is 2.84. The van der Waals surface area contributed by atoms with Crippen molar-refractivity contribution in [1.29, 1.82) is 5.26 Å². The van der Waals surface area contributed by atoms with Crippen LogP contribution in [0.1, 0.15) is 26.3 Å². The number of nitrogens with zero attached hydrogens (tertiary/aromatic N) is 2. The summed E-state index contributed by atoms with van der Waals surface area (Å²) in [5, 5.41) is 19.5. The maximum atomic E-state index is 11.7. The van der Waals surface area contributed by atoms with Crippen molar-refractivity contribution in [3.63, 3.8) is 0 Å². The number of rotatable bonds is 3. The molecule has 0 radical (unpaired) electrons. The lowest BCUT2D eigenvalue weighted by molar-refractivity contribution is -0.384. The lowest BCUT2D eigenvalue weighted by Gasteiger charge is -2.18. The third-order valence-electron chi connectivity index (χ3n) is 2.15. The van der Waals surface area contributed by atoms with E-state index in [1.165, 1.54) is 30.3 Å². The number of ether oxygens (including phenoxy) is 1. The van der Waals surface area contributed by atoms with Gasteiger partial charge in [-0.25, -0.2) is 4.79 Å². The molecule has 20 heavy (non-hydrogen) atoms. The standard InChI is InChI=1S/C14H14N2O4/c1-14(2,3)20-13(17)11(9-15)8-10-4-6-12(7-5-10)16(18)19/h4-8H,1-3H3. The highest BCUT2D eigenvalue weighted by Crippen LogP contribution is 2.16. The number of nitro benzene ring substituents is 1. The van der Waals surface area contributed by atoms with Crippen LogP contribution in [0.15, 0.2) is 29.8 Å². The van der Waals surface area contributed by atoms with Crippen LogP contribution in [0.2, 0.25) is 0 Å². The molecule has 0 amide bonds. The third-order valence-corrected chi connectivity index (χ3v) is 2.15. The summed E-state index contributed by atoms with van der Waals surface area (Å²) in [4.78, 5) is 21.7. The van der Waals surface area contributed by atoms with E-state index >= 15 is 0 Å². The fourth-order valence-corrected chi connectivity index (χ4v) is 1.33. The van der Waals surface area contributed by atoms with Gasteiger partial charge in [0.25, 0.3) is 5.69 Å². The SMILES string of the molecule is CC(C)(C)OC(=O)C(C#N)=Cc1ccc([N+](=O)[O-])cc1. The molecule has 0 fully saturated rings. The minimum Gasteiger partial charge on any atom is -0.456 e. The molecular weight excluding hydrogens is 260 g/mol. The van der Waals surface area contributed by atoms with Gasteiger partial charge in [0.1, 0.15) is 17.2 Å². The fourth-order valence-electron chi connectivity index (χ4n) is 1.33. The molecule has 6 nitrogen and oxygen atoms in total. The zero-order valence-corrected chi connectivity index (χ0v) is 11.4. The number of carbonyl (C=O) groups is 1. The molecule has 0 aliphatic carbocycles. The number of esters is 1. The Morgan fingerprint density at radius 1 is 1.35 bits per heavy atom. The fraction of sp³-hybridized carbons (Fsp3) is 0.286. The van der Waals surface area contributed by atoms with Crippen LogP contribution in [0.25, 0.3) is 6.08 Å². The van der Waals surface area contributed by atoms with E-state index in [4.69, 9.17) is 10.00 Å². The van der Waals surface area contributed by atoms with Crippen LogP contribution in [-0.2, 0) is 9.53 Å². The second-order valence-corrected chi connectivity index (χ2v) is 5.02. The van der Waals surface area contributed by atoms with Gasteiger partial charge in [0.05, 0.1) is 4.92 Å². The number of benzene rings is 1. The van der Waals surface area contributed by atoms with E-state index in [-0.39, 0.29) is 11.3 Å². The number of non-ortho nitro benzene ring substituents is 1.